The lowest BCUT2D eigenvalue weighted by atomic mass is 10.1. The Morgan fingerprint density at radius 2 is 1.47 bits per heavy atom. The van der Waals surface area contributed by atoms with Gasteiger partial charge in [0.25, 0.3) is 15.9 Å². The van der Waals surface area contributed by atoms with Crippen LogP contribution in [0.5, 0.6) is 0 Å². The third-order valence-electron chi connectivity index (χ3n) is 5.49. The topological polar surface area (TPSA) is 66.5 Å². The van der Waals surface area contributed by atoms with E-state index in [1.807, 2.05) is 6.92 Å². The first kappa shape index (κ1) is 26.0. The molecule has 36 heavy (non-hydrogen) atoms. The molecule has 0 atom stereocenters. The number of amides is 1. The summed E-state index contributed by atoms with van der Waals surface area (Å²) in [6.07, 6.45) is 0. The van der Waals surface area contributed by atoms with Gasteiger partial charge in [-0.05, 0) is 72.6 Å². The molecule has 0 fully saturated rings. The molecular weight excluding hydrogens is 539 g/mol. The Labute approximate surface area is 225 Å². The minimum absolute atomic E-state index is 0.0421. The Bertz CT molecular complexity index is 1510. The van der Waals surface area contributed by atoms with Crippen molar-refractivity contribution in [2.24, 2.45) is 0 Å². The number of nitrogens with one attached hydrogen (secondary N) is 1. The van der Waals surface area contributed by atoms with Crippen LogP contribution in [0.25, 0.3) is 0 Å². The molecule has 0 heterocycles. The van der Waals surface area contributed by atoms with E-state index >= 15 is 0 Å². The predicted molar refractivity (Wildman–Crippen MR) is 147 cm³/mol. The summed E-state index contributed by atoms with van der Waals surface area (Å²) in [7, 11) is -3.90. The number of halogens is 3. The maximum Gasteiger partial charge on any atom is 0.264 e. The quantitative estimate of drug-likeness (QED) is 0.253. The van der Waals surface area contributed by atoms with Crippen LogP contribution in [0.2, 0.25) is 15.1 Å². The van der Waals surface area contributed by atoms with Crippen molar-refractivity contribution in [3.8, 4) is 0 Å². The molecule has 184 valence electrons. The summed E-state index contributed by atoms with van der Waals surface area (Å²) < 4.78 is 28.6. The van der Waals surface area contributed by atoms with Gasteiger partial charge in [-0.15, -0.1) is 0 Å². The number of aryl methyl sites for hydroxylation is 1. The SMILES string of the molecule is Cc1ccc(Cl)cc1N(Cc1ccc(C(=O)Nc2cc(Cl)ccc2Cl)cc1)S(=O)(=O)c1ccccc1. The number of carbonyl (C=O) groups is 1. The molecule has 5 nitrogen and oxygen atoms in total. The lowest BCUT2D eigenvalue weighted by molar-refractivity contribution is 0.102. The number of hydrogen-bond donors (Lipinski definition) is 1. The van der Waals surface area contributed by atoms with Crippen molar-refractivity contribution in [3.05, 3.63) is 123 Å². The standard InChI is InChI=1S/C27H21Cl3N2O3S/c1-18-7-12-22(29)16-26(18)32(36(34,35)23-5-3-2-4-6-23)17-19-8-10-20(11-9-19)27(33)31-25-15-21(28)13-14-24(25)30/h2-16H,17H2,1H3,(H,31,33). The molecule has 0 aromatic heterocycles. The highest BCUT2D eigenvalue weighted by Gasteiger charge is 2.26. The molecule has 4 rings (SSSR count). The zero-order valence-corrected chi connectivity index (χ0v) is 22.2. The third kappa shape index (κ3) is 5.85. The van der Waals surface area contributed by atoms with Crippen LogP contribution in [0, 0.1) is 6.92 Å². The Kier molecular flexibility index (Phi) is 7.91. The second-order valence-corrected chi connectivity index (χ2v) is 11.2. The molecule has 0 saturated heterocycles. The van der Waals surface area contributed by atoms with Crippen molar-refractivity contribution >= 4 is 62.1 Å². The molecule has 0 aliphatic heterocycles. The molecule has 4 aromatic rings. The van der Waals surface area contributed by atoms with Gasteiger partial charge >= 0.3 is 0 Å². The molecule has 1 N–H and O–H groups in total. The van der Waals surface area contributed by atoms with E-state index in [9.17, 15) is 13.2 Å². The number of rotatable bonds is 7. The molecule has 1 amide bonds. The Morgan fingerprint density at radius 1 is 0.833 bits per heavy atom. The van der Waals surface area contributed by atoms with Gasteiger partial charge in [0, 0.05) is 15.6 Å². The van der Waals surface area contributed by atoms with E-state index in [0.717, 1.165) is 5.56 Å². The average molecular weight is 560 g/mol. The van der Waals surface area contributed by atoms with Crippen molar-refractivity contribution in [3.63, 3.8) is 0 Å². The van der Waals surface area contributed by atoms with E-state index in [4.69, 9.17) is 34.8 Å². The highest BCUT2D eigenvalue weighted by atomic mass is 35.5. The van der Waals surface area contributed by atoms with Crippen LogP contribution in [0.3, 0.4) is 0 Å². The highest BCUT2D eigenvalue weighted by molar-refractivity contribution is 7.92. The summed E-state index contributed by atoms with van der Waals surface area (Å²) in [6.45, 7) is 1.87. The largest absolute Gasteiger partial charge is 0.321 e. The van der Waals surface area contributed by atoms with Crippen molar-refractivity contribution in [2.75, 3.05) is 9.62 Å². The summed E-state index contributed by atoms with van der Waals surface area (Å²) in [5.74, 6) is -0.370. The predicted octanol–water partition coefficient (Wildman–Crippen LogP) is 7.60. The maximum absolute atomic E-state index is 13.6. The molecule has 0 radical (unpaired) electrons. The van der Waals surface area contributed by atoms with Gasteiger partial charge in [-0.1, -0.05) is 71.2 Å². The molecule has 4 aromatic carbocycles. The normalized spacial score (nSPS) is 11.2. The van der Waals surface area contributed by atoms with Crippen LogP contribution < -0.4 is 9.62 Å². The zero-order valence-electron chi connectivity index (χ0n) is 19.1. The first-order valence-electron chi connectivity index (χ1n) is 10.8. The number of hydrogen-bond acceptors (Lipinski definition) is 3. The maximum atomic E-state index is 13.6. The van der Waals surface area contributed by atoms with E-state index in [1.165, 1.54) is 4.31 Å². The summed E-state index contributed by atoms with van der Waals surface area (Å²) in [6, 6.07) is 24.8. The minimum Gasteiger partial charge on any atom is -0.321 e. The van der Waals surface area contributed by atoms with E-state index in [-0.39, 0.29) is 17.3 Å². The Hall–Kier alpha value is -3.03. The van der Waals surface area contributed by atoms with Crippen LogP contribution in [-0.2, 0) is 16.6 Å². The number of sulfonamides is 1. The van der Waals surface area contributed by atoms with E-state index in [2.05, 4.69) is 5.32 Å². The molecule has 0 unspecified atom stereocenters. The number of anilines is 2. The summed E-state index contributed by atoms with van der Waals surface area (Å²) >= 11 is 18.4. The average Bonchev–Trinajstić information content (AvgIpc) is 2.87. The van der Waals surface area contributed by atoms with Crippen LogP contribution in [0.1, 0.15) is 21.5 Å². The van der Waals surface area contributed by atoms with Gasteiger partial charge in [-0.25, -0.2) is 8.42 Å². The van der Waals surface area contributed by atoms with Crippen molar-refractivity contribution in [1.82, 2.24) is 0 Å². The van der Waals surface area contributed by atoms with Gasteiger partial charge in [0.05, 0.1) is 27.8 Å². The highest BCUT2D eigenvalue weighted by Crippen LogP contribution is 2.31. The van der Waals surface area contributed by atoms with Crippen molar-refractivity contribution in [2.45, 2.75) is 18.4 Å². The molecular formula is C27H21Cl3N2O3S. The van der Waals surface area contributed by atoms with Crippen LogP contribution in [0.15, 0.2) is 95.9 Å². The zero-order chi connectivity index (χ0) is 25.9. The lowest BCUT2D eigenvalue weighted by Gasteiger charge is -2.26. The third-order valence-corrected chi connectivity index (χ3v) is 8.06. The molecule has 0 aliphatic carbocycles. The fourth-order valence-corrected chi connectivity index (χ4v) is 5.62. The molecule has 0 saturated carbocycles. The fraction of sp³-hybridized carbons (Fsp3) is 0.0741. The second-order valence-electron chi connectivity index (χ2n) is 8.03. The van der Waals surface area contributed by atoms with Gasteiger partial charge in [0.2, 0.25) is 0 Å². The minimum atomic E-state index is -3.90. The van der Waals surface area contributed by atoms with Gasteiger partial charge in [-0.3, -0.25) is 9.10 Å². The van der Waals surface area contributed by atoms with Gasteiger partial charge in [-0.2, -0.15) is 0 Å². The smallest absolute Gasteiger partial charge is 0.264 e. The van der Waals surface area contributed by atoms with Crippen LogP contribution in [-0.4, -0.2) is 14.3 Å². The van der Waals surface area contributed by atoms with Gasteiger partial charge in [0.15, 0.2) is 0 Å². The van der Waals surface area contributed by atoms with E-state index < -0.39 is 10.0 Å². The van der Waals surface area contributed by atoms with Crippen LogP contribution >= 0.6 is 34.8 Å². The molecule has 0 aliphatic rings. The Morgan fingerprint density at radius 3 is 2.17 bits per heavy atom. The monoisotopic (exact) mass is 558 g/mol. The van der Waals surface area contributed by atoms with E-state index in [1.54, 1.807) is 91.0 Å². The molecule has 9 heteroatoms. The van der Waals surface area contributed by atoms with Crippen molar-refractivity contribution < 1.29 is 13.2 Å². The summed E-state index contributed by atoms with van der Waals surface area (Å²) in [5, 5.41) is 3.97. The summed E-state index contributed by atoms with van der Waals surface area (Å²) in [4.78, 5) is 12.9. The summed E-state index contributed by atoms with van der Waals surface area (Å²) in [5.41, 5.74) is 2.70. The van der Waals surface area contributed by atoms with Crippen LogP contribution in [0.4, 0.5) is 11.4 Å². The molecule has 0 spiro atoms. The fourth-order valence-electron chi connectivity index (χ4n) is 3.59. The van der Waals surface area contributed by atoms with Crippen molar-refractivity contribution in [1.29, 1.82) is 0 Å². The number of nitrogens with zero attached hydrogens (tertiary/aromatic N) is 1. The second kappa shape index (κ2) is 10.9. The van der Waals surface area contributed by atoms with Gasteiger partial charge in [0.1, 0.15) is 0 Å². The number of benzene rings is 4. The van der Waals surface area contributed by atoms with E-state index in [0.29, 0.717) is 37.6 Å². The molecule has 0 bridgehead atoms. The first-order valence-corrected chi connectivity index (χ1v) is 13.4. The first-order chi connectivity index (χ1) is 17.1. The lowest BCUT2D eigenvalue weighted by Crippen LogP contribution is -2.31. The Balaban J connectivity index is 1.64. The van der Waals surface area contributed by atoms with Gasteiger partial charge < -0.3 is 5.32 Å². The number of carbonyl (C=O) groups excluding carboxylic acids is 1.